The van der Waals surface area contributed by atoms with Gasteiger partial charge in [0.05, 0.1) is 12.5 Å². The van der Waals surface area contributed by atoms with E-state index in [1.807, 2.05) is 13.8 Å². The van der Waals surface area contributed by atoms with Crippen LogP contribution in [-0.2, 0) is 14.4 Å². The Kier molecular flexibility index (Phi) is 4.93. The normalized spacial score (nSPS) is 19.7. The molecule has 1 heterocycles. The van der Waals surface area contributed by atoms with Gasteiger partial charge in [-0.2, -0.15) is 0 Å². The number of hydrogen-bond acceptors (Lipinski definition) is 3. The Labute approximate surface area is 101 Å². The van der Waals surface area contributed by atoms with Gasteiger partial charge in [-0.3, -0.25) is 14.4 Å². The fraction of sp³-hybridized carbons (Fsp3) is 0.727. The zero-order valence-corrected chi connectivity index (χ0v) is 10.2. The predicted molar refractivity (Wildman–Crippen MR) is 62.0 cm³/mol. The minimum atomic E-state index is -0.223. The molecule has 0 spiro atoms. The van der Waals surface area contributed by atoms with E-state index in [0.717, 1.165) is 0 Å². The van der Waals surface area contributed by atoms with Gasteiger partial charge in [0, 0.05) is 19.0 Å². The van der Waals surface area contributed by atoms with Crippen molar-refractivity contribution in [1.29, 1.82) is 0 Å². The van der Waals surface area contributed by atoms with Crippen molar-refractivity contribution in [1.82, 2.24) is 16.0 Å². The summed E-state index contributed by atoms with van der Waals surface area (Å²) in [7, 11) is 0. The van der Waals surface area contributed by atoms with Crippen molar-refractivity contribution in [3.8, 4) is 0 Å². The van der Waals surface area contributed by atoms with Crippen molar-refractivity contribution in [3.05, 3.63) is 0 Å². The molecule has 0 bridgehead atoms. The molecule has 1 aliphatic heterocycles. The maximum Gasteiger partial charge on any atom is 0.239 e. The molecule has 3 N–H and O–H groups in total. The summed E-state index contributed by atoms with van der Waals surface area (Å²) in [6, 6.07) is 0.0633. The predicted octanol–water partition coefficient (Wildman–Crippen LogP) is -0.847. The van der Waals surface area contributed by atoms with Crippen LogP contribution < -0.4 is 16.0 Å². The third-order valence-electron chi connectivity index (χ3n) is 2.51. The Hall–Kier alpha value is -1.59. The van der Waals surface area contributed by atoms with E-state index in [1.165, 1.54) is 0 Å². The molecule has 6 heteroatoms. The van der Waals surface area contributed by atoms with Crippen molar-refractivity contribution in [3.63, 3.8) is 0 Å². The fourth-order valence-corrected chi connectivity index (χ4v) is 1.64. The summed E-state index contributed by atoms with van der Waals surface area (Å²) in [6.07, 6.45) is 0.916. The molecule has 1 rings (SSSR count). The first-order valence-electron chi connectivity index (χ1n) is 5.83. The lowest BCUT2D eigenvalue weighted by atomic mass is 9.98. The van der Waals surface area contributed by atoms with E-state index in [1.54, 1.807) is 0 Å². The smallest absolute Gasteiger partial charge is 0.239 e. The van der Waals surface area contributed by atoms with E-state index in [9.17, 15) is 14.4 Å². The summed E-state index contributed by atoms with van der Waals surface area (Å²) in [5.41, 5.74) is 0. The summed E-state index contributed by atoms with van der Waals surface area (Å²) in [4.78, 5) is 33.9. The van der Waals surface area contributed by atoms with Crippen molar-refractivity contribution in [2.24, 2.45) is 5.92 Å². The third kappa shape index (κ3) is 4.84. The maximum atomic E-state index is 11.7. The molecule has 1 unspecified atom stereocenters. The summed E-state index contributed by atoms with van der Waals surface area (Å²) < 4.78 is 0. The molecule has 0 radical (unpaired) electrons. The van der Waals surface area contributed by atoms with Gasteiger partial charge in [-0.1, -0.05) is 0 Å². The van der Waals surface area contributed by atoms with E-state index in [0.29, 0.717) is 19.4 Å². The second kappa shape index (κ2) is 6.22. The minimum absolute atomic E-state index is 0.0124. The number of piperidine rings is 1. The molecule has 1 saturated heterocycles. The lowest BCUT2D eigenvalue weighted by Crippen LogP contribution is -2.46. The van der Waals surface area contributed by atoms with Gasteiger partial charge in [0.25, 0.3) is 0 Å². The van der Waals surface area contributed by atoms with Crippen LogP contribution in [0.2, 0.25) is 0 Å². The average molecular weight is 241 g/mol. The van der Waals surface area contributed by atoms with Crippen LogP contribution in [0.25, 0.3) is 0 Å². The number of carbonyl (C=O) groups is 3. The summed E-state index contributed by atoms with van der Waals surface area (Å²) in [6.45, 7) is 4.06. The molecule has 3 amide bonds. The van der Waals surface area contributed by atoms with E-state index < -0.39 is 0 Å². The highest BCUT2D eigenvalue weighted by atomic mass is 16.2. The van der Waals surface area contributed by atoms with E-state index in [-0.39, 0.29) is 36.2 Å². The first kappa shape index (κ1) is 13.5. The standard InChI is InChI=1S/C11H19N3O3/c1-7(2)14-10(16)6-13-11(17)8-3-4-9(15)12-5-8/h7-8H,3-6H2,1-2H3,(H,12,15)(H,13,17)(H,14,16). The van der Waals surface area contributed by atoms with Crippen molar-refractivity contribution >= 4 is 17.7 Å². The zero-order valence-electron chi connectivity index (χ0n) is 10.2. The molecular weight excluding hydrogens is 222 g/mol. The molecule has 0 aromatic heterocycles. The SMILES string of the molecule is CC(C)NC(=O)CNC(=O)C1CCC(=O)NC1. The van der Waals surface area contributed by atoms with Gasteiger partial charge < -0.3 is 16.0 Å². The average Bonchev–Trinajstić information content (AvgIpc) is 2.26. The first-order chi connectivity index (χ1) is 7.99. The molecular formula is C11H19N3O3. The Morgan fingerprint density at radius 1 is 1.47 bits per heavy atom. The van der Waals surface area contributed by atoms with Crippen molar-refractivity contribution in [2.45, 2.75) is 32.7 Å². The lowest BCUT2D eigenvalue weighted by Gasteiger charge is -2.21. The molecule has 6 nitrogen and oxygen atoms in total. The lowest BCUT2D eigenvalue weighted by molar-refractivity contribution is -0.131. The highest BCUT2D eigenvalue weighted by Gasteiger charge is 2.24. The quantitative estimate of drug-likeness (QED) is 0.599. The van der Waals surface area contributed by atoms with Gasteiger partial charge in [-0.15, -0.1) is 0 Å². The molecule has 0 aromatic carbocycles. The second-order valence-corrected chi connectivity index (χ2v) is 4.48. The molecule has 1 fully saturated rings. The minimum Gasteiger partial charge on any atom is -0.355 e. The van der Waals surface area contributed by atoms with Crippen LogP contribution in [0.1, 0.15) is 26.7 Å². The highest BCUT2D eigenvalue weighted by molar-refractivity contribution is 5.87. The largest absolute Gasteiger partial charge is 0.355 e. The highest BCUT2D eigenvalue weighted by Crippen LogP contribution is 2.10. The molecule has 17 heavy (non-hydrogen) atoms. The van der Waals surface area contributed by atoms with Crippen LogP contribution in [0, 0.1) is 5.92 Å². The number of amides is 3. The number of nitrogens with one attached hydrogen (secondary N) is 3. The van der Waals surface area contributed by atoms with Crippen LogP contribution in [0.3, 0.4) is 0 Å². The Balaban J connectivity index is 2.25. The molecule has 0 aromatic rings. The summed E-state index contributed by atoms with van der Waals surface area (Å²) in [5.74, 6) is -0.622. The van der Waals surface area contributed by atoms with Crippen LogP contribution in [0.15, 0.2) is 0 Å². The summed E-state index contributed by atoms with van der Waals surface area (Å²) in [5, 5.41) is 7.89. The van der Waals surface area contributed by atoms with Gasteiger partial charge >= 0.3 is 0 Å². The Morgan fingerprint density at radius 3 is 2.71 bits per heavy atom. The molecule has 0 aliphatic carbocycles. The van der Waals surface area contributed by atoms with Gasteiger partial charge in [0.2, 0.25) is 17.7 Å². The topological polar surface area (TPSA) is 87.3 Å². The molecule has 1 aliphatic rings. The molecule has 96 valence electrons. The van der Waals surface area contributed by atoms with Crippen molar-refractivity contribution in [2.75, 3.05) is 13.1 Å². The fourth-order valence-electron chi connectivity index (χ4n) is 1.64. The van der Waals surface area contributed by atoms with Crippen LogP contribution >= 0.6 is 0 Å². The monoisotopic (exact) mass is 241 g/mol. The third-order valence-corrected chi connectivity index (χ3v) is 2.51. The van der Waals surface area contributed by atoms with Crippen LogP contribution in [-0.4, -0.2) is 36.9 Å². The Bertz CT molecular complexity index is 305. The van der Waals surface area contributed by atoms with E-state index >= 15 is 0 Å². The number of rotatable bonds is 4. The second-order valence-electron chi connectivity index (χ2n) is 4.48. The van der Waals surface area contributed by atoms with Crippen molar-refractivity contribution < 1.29 is 14.4 Å². The zero-order chi connectivity index (χ0) is 12.8. The van der Waals surface area contributed by atoms with Crippen LogP contribution in [0.5, 0.6) is 0 Å². The van der Waals surface area contributed by atoms with Gasteiger partial charge in [-0.25, -0.2) is 0 Å². The first-order valence-corrected chi connectivity index (χ1v) is 5.83. The van der Waals surface area contributed by atoms with Crippen LogP contribution in [0.4, 0.5) is 0 Å². The van der Waals surface area contributed by atoms with E-state index in [4.69, 9.17) is 0 Å². The molecule has 1 atom stereocenters. The van der Waals surface area contributed by atoms with E-state index in [2.05, 4.69) is 16.0 Å². The van der Waals surface area contributed by atoms with Gasteiger partial charge in [0.15, 0.2) is 0 Å². The maximum absolute atomic E-state index is 11.7. The number of hydrogen-bond donors (Lipinski definition) is 3. The van der Waals surface area contributed by atoms with Gasteiger partial charge in [0.1, 0.15) is 0 Å². The van der Waals surface area contributed by atoms with Gasteiger partial charge in [-0.05, 0) is 20.3 Å². The molecule has 0 saturated carbocycles. The Morgan fingerprint density at radius 2 is 2.18 bits per heavy atom. The summed E-state index contributed by atoms with van der Waals surface area (Å²) >= 11 is 0. The number of carbonyl (C=O) groups excluding carboxylic acids is 3.